The van der Waals surface area contributed by atoms with Crippen LogP contribution in [0.4, 0.5) is 24.8 Å². The Bertz CT molecular complexity index is 719. The molecule has 1 heterocycles. The quantitative estimate of drug-likeness (QED) is 0.699. The Morgan fingerprint density at radius 2 is 1.81 bits per heavy atom. The highest BCUT2D eigenvalue weighted by molar-refractivity contribution is 5.58. The number of benzene rings is 1. The number of ether oxygens (including phenoxy) is 2. The molecule has 0 atom stereocenters. The Labute approximate surface area is 150 Å². The van der Waals surface area contributed by atoms with E-state index in [2.05, 4.69) is 9.97 Å². The van der Waals surface area contributed by atoms with Crippen LogP contribution in [0.1, 0.15) is 32.8 Å². The second-order valence-corrected chi connectivity index (χ2v) is 5.95. The van der Waals surface area contributed by atoms with E-state index in [1.165, 1.54) is 0 Å². The highest BCUT2D eigenvalue weighted by Gasteiger charge is 2.36. The molecule has 0 saturated heterocycles. The molecule has 0 spiro atoms. The summed E-state index contributed by atoms with van der Waals surface area (Å²) in [5.41, 5.74) is -0.282. The molecule has 26 heavy (non-hydrogen) atoms. The summed E-state index contributed by atoms with van der Waals surface area (Å²) in [5, 5.41) is 0. The Morgan fingerprint density at radius 1 is 1.15 bits per heavy atom. The summed E-state index contributed by atoms with van der Waals surface area (Å²) in [4.78, 5) is 9.39. The first-order valence-corrected chi connectivity index (χ1v) is 8.29. The molecule has 0 unspecified atom stereocenters. The van der Waals surface area contributed by atoms with E-state index in [-0.39, 0.29) is 5.95 Å². The van der Waals surface area contributed by atoms with Crippen LogP contribution in [0.25, 0.3) is 0 Å². The third-order valence-electron chi connectivity index (χ3n) is 3.39. The van der Waals surface area contributed by atoms with Crippen molar-refractivity contribution in [2.45, 2.75) is 39.5 Å². The number of alkyl halides is 3. The molecule has 0 saturated carbocycles. The zero-order chi connectivity index (χ0) is 19.3. The molecule has 0 amide bonds. The lowest BCUT2D eigenvalue weighted by Gasteiger charge is -2.20. The highest BCUT2D eigenvalue weighted by Crippen LogP contribution is 2.36. The van der Waals surface area contributed by atoms with E-state index < -0.39 is 23.7 Å². The maximum absolute atomic E-state index is 13.1. The second-order valence-electron chi connectivity index (χ2n) is 5.95. The van der Waals surface area contributed by atoms with Crippen molar-refractivity contribution in [1.29, 1.82) is 0 Å². The van der Waals surface area contributed by atoms with Crippen molar-refractivity contribution in [1.82, 2.24) is 9.97 Å². The van der Waals surface area contributed by atoms with E-state index in [4.69, 9.17) is 9.47 Å². The number of anilines is 2. The molecule has 8 heteroatoms. The van der Waals surface area contributed by atoms with Gasteiger partial charge in [-0.2, -0.15) is 18.2 Å². The van der Waals surface area contributed by atoms with Gasteiger partial charge in [-0.3, -0.25) is 0 Å². The van der Waals surface area contributed by atoms with E-state index in [1.54, 1.807) is 50.1 Å². The van der Waals surface area contributed by atoms with Crippen LogP contribution in [-0.2, 0) is 6.18 Å². The SMILES string of the molecule is CCCOc1ccc(N(C)c2ncc(C(F)(F)F)c(OC(C)C)n2)cc1. The molecular formula is C18H22F3N3O2. The minimum atomic E-state index is -4.58. The second kappa shape index (κ2) is 8.25. The van der Waals surface area contributed by atoms with Crippen molar-refractivity contribution in [3.8, 4) is 11.6 Å². The van der Waals surface area contributed by atoms with Gasteiger partial charge in [0.25, 0.3) is 0 Å². The van der Waals surface area contributed by atoms with Gasteiger partial charge in [0.2, 0.25) is 11.8 Å². The lowest BCUT2D eigenvalue weighted by atomic mass is 10.3. The number of hydrogen-bond acceptors (Lipinski definition) is 5. The van der Waals surface area contributed by atoms with Crippen LogP contribution in [0, 0.1) is 0 Å². The van der Waals surface area contributed by atoms with Gasteiger partial charge in [0.1, 0.15) is 11.3 Å². The molecule has 0 fully saturated rings. The lowest BCUT2D eigenvalue weighted by molar-refractivity contribution is -0.139. The fourth-order valence-electron chi connectivity index (χ4n) is 2.13. The summed E-state index contributed by atoms with van der Waals surface area (Å²) in [7, 11) is 1.67. The fraction of sp³-hybridized carbons (Fsp3) is 0.444. The number of hydrogen-bond donors (Lipinski definition) is 0. The van der Waals surface area contributed by atoms with E-state index in [9.17, 15) is 13.2 Å². The number of halogens is 3. The average Bonchev–Trinajstić information content (AvgIpc) is 2.58. The van der Waals surface area contributed by atoms with Crippen LogP contribution in [0.2, 0.25) is 0 Å². The van der Waals surface area contributed by atoms with Gasteiger partial charge in [-0.05, 0) is 44.5 Å². The lowest BCUT2D eigenvalue weighted by Crippen LogP contribution is -2.19. The number of rotatable bonds is 7. The summed E-state index contributed by atoms with van der Waals surface area (Å²) in [5.74, 6) is 0.351. The van der Waals surface area contributed by atoms with Gasteiger partial charge in [0.05, 0.1) is 12.7 Å². The summed E-state index contributed by atoms with van der Waals surface area (Å²) >= 11 is 0. The van der Waals surface area contributed by atoms with Crippen molar-refractivity contribution in [2.75, 3.05) is 18.6 Å². The van der Waals surface area contributed by atoms with Crippen LogP contribution in [0.15, 0.2) is 30.5 Å². The monoisotopic (exact) mass is 369 g/mol. The average molecular weight is 369 g/mol. The summed E-state index contributed by atoms with van der Waals surface area (Å²) in [6, 6.07) is 7.15. The first-order chi connectivity index (χ1) is 12.2. The Hall–Kier alpha value is -2.51. The molecule has 142 valence electrons. The maximum atomic E-state index is 13.1. The summed E-state index contributed by atoms with van der Waals surface area (Å²) in [6.45, 7) is 5.91. The molecule has 2 rings (SSSR count). The van der Waals surface area contributed by atoms with Crippen molar-refractivity contribution < 1.29 is 22.6 Å². The predicted octanol–water partition coefficient (Wildman–Crippen LogP) is 4.84. The van der Waals surface area contributed by atoms with Crippen molar-refractivity contribution in [3.05, 3.63) is 36.0 Å². The highest BCUT2D eigenvalue weighted by atomic mass is 19.4. The Kier molecular flexibility index (Phi) is 6.28. The number of nitrogens with zero attached hydrogens (tertiary/aromatic N) is 3. The Morgan fingerprint density at radius 3 is 2.35 bits per heavy atom. The van der Waals surface area contributed by atoms with Gasteiger partial charge in [-0.1, -0.05) is 6.92 Å². The molecule has 2 aromatic rings. The third-order valence-corrected chi connectivity index (χ3v) is 3.39. The molecular weight excluding hydrogens is 347 g/mol. The van der Waals surface area contributed by atoms with Crippen LogP contribution >= 0.6 is 0 Å². The van der Waals surface area contributed by atoms with Gasteiger partial charge < -0.3 is 14.4 Å². The predicted molar refractivity (Wildman–Crippen MR) is 93.1 cm³/mol. The molecule has 0 aliphatic rings. The number of aromatic nitrogens is 2. The molecule has 1 aromatic carbocycles. The topological polar surface area (TPSA) is 47.5 Å². The minimum absolute atomic E-state index is 0.107. The zero-order valence-corrected chi connectivity index (χ0v) is 15.2. The van der Waals surface area contributed by atoms with Gasteiger partial charge in [-0.25, -0.2) is 4.98 Å². The molecule has 0 bridgehead atoms. The zero-order valence-electron chi connectivity index (χ0n) is 15.2. The molecule has 5 nitrogen and oxygen atoms in total. The molecule has 1 aromatic heterocycles. The van der Waals surface area contributed by atoms with Crippen molar-refractivity contribution >= 4 is 11.6 Å². The largest absolute Gasteiger partial charge is 0.494 e. The van der Waals surface area contributed by atoms with Crippen LogP contribution in [0.3, 0.4) is 0 Å². The van der Waals surface area contributed by atoms with E-state index >= 15 is 0 Å². The fourth-order valence-corrected chi connectivity index (χ4v) is 2.13. The molecule has 0 radical (unpaired) electrons. The third kappa shape index (κ3) is 5.00. The van der Waals surface area contributed by atoms with Gasteiger partial charge >= 0.3 is 6.18 Å². The van der Waals surface area contributed by atoms with Gasteiger partial charge in [-0.15, -0.1) is 0 Å². The van der Waals surface area contributed by atoms with Crippen LogP contribution in [-0.4, -0.2) is 29.7 Å². The van der Waals surface area contributed by atoms with Crippen LogP contribution < -0.4 is 14.4 Å². The first-order valence-electron chi connectivity index (χ1n) is 8.29. The normalized spacial score (nSPS) is 11.5. The van der Waals surface area contributed by atoms with E-state index in [0.717, 1.165) is 18.4 Å². The van der Waals surface area contributed by atoms with Gasteiger partial charge in [0.15, 0.2) is 0 Å². The minimum Gasteiger partial charge on any atom is -0.494 e. The van der Waals surface area contributed by atoms with Crippen molar-refractivity contribution in [2.24, 2.45) is 0 Å². The Balaban J connectivity index is 2.29. The maximum Gasteiger partial charge on any atom is 0.423 e. The van der Waals surface area contributed by atoms with E-state index in [0.29, 0.717) is 12.3 Å². The molecule has 0 aliphatic carbocycles. The van der Waals surface area contributed by atoms with E-state index in [1.807, 2.05) is 6.92 Å². The summed E-state index contributed by atoms with van der Waals surface area (Å²) < 4.78 is 50.1. The summed E-state index contributed by atoms with van der Waals surface area (Å²) in [6.07, 6.45) is -3.38. The standard InChI is InChI=1S/C18H22F3N3O2/c1-5-10-25-14-8-6-13(7-9-14)24(4)17-22-11-15(18(19,20)21)16(23-17)26-12(2)3/h6-9,11-12H,5,10H2,1-4H3. The van der Waals surface area contributed by atoms with Crippen LogP contribution in [0.5, 0.6) is 11.6 Å². The van der Waals surface area contributed by atoms with Gasteiger partial charge in [0, 0.05) is 18.9 Å². The smallest absolute Gasteiger partial charge is 0.423 e. The molecule has 0 N–H and O–H groups in total. The van der Waals surface area contributed by atoms with Crippen molar-refractivity contribution in [3.63, 3.8) is 0 Å². The molecule has 0 aliphatic heterocycles. The first kappa shape index (κ1) is 19.8.